The standard InChI is InChI=1S/C4H6F3NOS/c5-4(6,7)2-10-1-3(8)9/h1-2H2,(H2,8,9). The van der Waals surface area contributed by atoms with Gasteiger partial charge in [0.15, 0.2) is 0 Å². The lowest BCUT2D eigenvalue weighted by Crippen LogP contribution is -2.17. The third kappa shape index (κ3) is 7.61. The fourth-order valence-electron chi connectivity index (χ4n) is 0.267. The van der Waals surface area contributed by atoms with Crippen LogP contribution >= 0.6 is 11.8 Å². The lowest BCUT2D eigenvalue weighted by atomic mass is 10.8. The van der Waals surface area contributed by atoms with E-state index in [1.54, 1.807) is 0 Å². The quantitative estimate of drug-likeness (QED) is 0.684. The maximum Gasteiger partial charge on any atom is 0.397 e. The number of hydrogen-bond acceptors (Lipinski definition) is 2. The van der Waals surface area contributed by atoms with E-state index in [1.165, 1.54) is 0 Å². The molecule has 0 radical (unpaired) electrons. The molecule has 0 rings (SSSR count). The molecule has 10 heavy (non-hydrogen) atoms. The van der Waals surface area contributed by atoms with Crippen molar-refractivity contribution in [2.75, 3.05) is 11.5 Å². The zero-order valence-corrected chi connectivity index (χ0v) is 5.76. The Morgan fingerprint density at radius 2 is 2.00 bits per heavy atom. The summed E-state index contributed by atoms with van der Waals surface area (Å²) < 4.78 is 34.0. The summed E-state index contributed by atoms with van der Waals surface area (Å²) in [4.78, 5) is 9.92. The molecule has 0 aromatic rings. The van der Waals surface area contributed by atoms with Gasteiger partial charge in [0.05, 0.1) is 11.5 Å². The molecule has 2 nitrogen and oxygen atoms in total. The number of rotatable bonds is 3. The Bertz CT molecular complexity index is 124. The second-order valence-electron chi connectivity index (χ2n) is 1.57. The van der Waals surface area contributed by atoms with Crippen molar-refractivity contribution in [3.05, 3.63) is 0 Å². The Kier molecular flexibility index (Phi) is 3.55. The highest BCUT2D eigenvalue weighted by molar-refractivity contribution is 8.00. The fraction of sp³-hybridized carbons (Fsp3) is 0.750. The average molecular weight is 173 g/mol. The number of carbonyl (C=O) groups is 1. The van der Waals surface area contributed by atoms with E-state index in [4.69, 9.17) is 0 Å². The molecule has 60 valence electrons. The van der Waals surface area contributed by atoms with Crippen molar-refractivity contribution in [3.8, 4) is 0 Å². The first-order valence-electron chi connectivity index (χ1n) is 2.34. The normalized spacial score (nSPS) is 11.5. The van der Waals surface area contributed by atoms with Gasteiger partial charge >= 0.3 is 6.18 Å². The van der Waals surface area contributed by atoms with E-state index in [2.05, 4.69) is 5.73 Å². The van der Waals surface area contributed by atoms with Crippen molar-refractivity contribution >= 4 is 17.7 Å². The van der Waals surface area contributed by atoms with E-state index in [9.17, 15) is 18.0 Å². The summed E-state index contributed by atoms with van der Waals surface area (Å²) in [5.41, 5.74) is 4.59. The van der Waals surface area contributed by atoms with E-state index < -0.39 is 17.8 Å². The summed E-state index contributed by atoms with van der Waals surface area (Å²) in [5.74, 6) is -2.02. The smallest absolute Gasteiger partial charge is 0.369 e. The molecule has 0 heterocycles. The van der Waals surface area contributed by atoms with Crippen molar-refractivity contribution in [1.82, 2.24) is 0 Å². The molecule has 0 atom stereocenters. The first-order valence-corrected chi connectivity index (χ1v) is 3.50. The lowest BCUT2D eigenvalue weighted by molar-refractivity contribution is -0.115. The summed E-state index contributed by atoms with van der Waals surface area (Å²) in [6, 6.07) is 0. The predicted molar refractivity (Wildman–Crippen MR) is 32.6 cm³/mol. The fourth-order valence-corrected chi connectivity index (χ4v) is 0.802. The van der Waals surface area contributed by atoms with E-state index in [1.807, 2.05) is 0 Å². The third-order valence-electron chi connectivity index (χ3n) is 0.510. The minimum absolute atomic E-state index is 0.278. The Balaban J connectivity index is 3.29. The molecule has 0 unspecified atom stereocenters. The van der Waals surface area contributed by atoms with Gasteiger partial charge in [0, 0.05) is 0 Å². The van der Waals surface area contributed by atoms with Gasteiger partial charge in [0.1, 0.15) is 0 Å². The van der Waals surface area contributed by atoms with Gasteiger partial charge in [0.25, 0.3) is 0 Å². The molecule has 0 bridgehead atoms. The average Bonchev–Trinajstić information content (AvgIpc) is 1.59. The minimum atomic E-state index is -4.21. The first kappa shape index (κ1) is 9.61. The van der Waals surface area contributed by atoms with Crippen molar-refractivity contribution in [2.45, 2.75) is 6.18 Å². The van der Waals surface area contributed by atoms with Crippen LogP contribution in [0.2, 0.25) is 0 Å². The largest absolute Gasteiger partial charge is 0.397 e. The number of carbonyl (C=O) groups excluding carboxylic acids is 1. The summed E-state index contributed by atoms with van der Waals surface area (Å²) >= 11 is 0.469. The monoisotopic (exact) mass is 173 g/mol. The van der Waals surface area contributed by atoms with Crippen molar-refractivity contribution in [3.63, 3.8) is 0 Å². The van der Waals surface area contributed by atoms with Crippen LogP contribution in [0.15, 0.2) is 0 Å². The maximum absolute atomic E-state index is 11.3. The van der Waals surface area contributed by atoms with Gasteiger partial charge in [-0.25, -0.2) is 0 Å². The van der Waals surface area contributed by atoms with E-state index in [0.717, 1.165) is 0 Å². The van der Waals surface area contributed by atoms with Gasteiger partial charge in [-0.2, -0.15) is 13.2 Å². The summed E-state index contributed by atoms with van der Waals surface area (Å²) in [6.07, 6.45) is -4.21. The zero-order valence-electron chi connectivity index (χ0n) is 4.94. The second-order valence-corrected chi connectivity index (χ2v) is 2.56. The Morgan fingerprint density at radius 3 is 2.30 bits per heavy atom. The van der Waals surface area contributed by atoms with Crippen molar-refractivity contribution in [2.24, 2.45) is 5.73 Å². The number of halogens is 3. The van der Waals surface area contributed by atoms with Crippen molar-refractivity contribution < 1.29 is 18.0 Å². The molecule has 1 amide bonds. The molecule has 0 aliphatic heterocycles. The molecule has 0 aliphatic rings. The van der Waals surface area contributed by atoms with Gasteiger partial charge in [-0.15, -0.1) is 11.8 Å². The predicted octanol–water partition coefficient (Wildman–Crippen LogP) is 0.767. The molecule has 0 aromatic carbocycles. The number of thioether (sulfide) groups is 1. The highest BCUT2D eigenvalue weighted by Crippen LogP contribution is 2.20. The molecule has 0 saturated carbocycles. The van der Waals surface area contributed by atoms with Crippen LogP contribution in [0, 0.1) is 0 Å². The van der Waals surface area contributed by atoms with Crippen LogP contribution < -0.4 is 5.73 Å². The van der Waals surface area contributed by atoms with Gasteiger partial charge in [0.2, 0.25) is 5.91 Å². The number of alkyl halides is 3. The highest BCUT2D eigenvalue weighted by atomic mass is 32.2. The van der Waals surface area contributed by atoms with Crippen LogP contribution in [0.4, 0.5) is 13.2 Å². The first-order chi connectivity index (χ1) is 4.42. The SMILES string of the molecule is NC(=O)CSCC(F)(F)F. The van der Waals surface area contributed by atoms with E-state index >= 15 is 0 Å². The summed E-state index contributed by atoms with van der Waals surface area (Å²) in [6.45, 7) is 0. The summed E-state index contributed by atoms with van der Waals surface area (Å²) in [5, 5.41) is 0. The topological polar surface area (TPSA) is 43.1 Å². The van der Waals surface area contributed by atoms with Crippen molar-refractivity contribution in [1.29, 1.82) is 0 Å². The number of primary amides is 1. The van der Waals surface area contributed by atoms with Crippen LogP contribution in [-0.4, -0.2) is 23.6 Å². The number of nitrogens with two attached hydrogens (primary N) is 1. The van der Waals surface area contributed by atoms with Gasteiger partial charge in [-0.3, -0.25) is 4.79 Å². The molecule has 0 aliphatic carbocycles. The van der Waals surface area contributed by atoms with Crippen LogP contribution in [0.1, 0.15) is 0 Å². The van der Waals surface area contributed by atoms with Gasteiger partial charge in [-0.05, 0) is 0 Å². The van der Waals surface area contributed by atoms with Crippen LogP contribution in [-0.2, 0) is 4.79 Å². The van der Waals surface area contributed by atoms with E-state index in [-0.39, 0.29) is 5.75 Å². The summed E-state index contributed by atoms with van der Waals surface area (Å²) in [7, 11) is 0. The van der Waals surface area contributed by atoms with Crippen LogP contribution in [0.3, 0.4) is 0 Å². The Morgan fingerprint density at radius 1 is 1.50 bits per heavy atom. The molecule has 0 fully saturated rings. The molecule has 2 N–H and O–H groups in total. The Hall–Kier alpha value is -0.390. The highest BCUT2D eigenvalue weighted by Gasteiger charge is 2.26. The van der Waals surface area contributed by atoms with E-state index in [0.29, 0.717) is 11.8 Å². The zero-order chi connectivity index (χ0) is 8.20. The number of amides is 1. The molecule has 0 aromatic heterocycles. The third-order valence-corrected chi connectivity index (χ3v) is 1.53. The maximum atomic E-state index is 11.3. The molecule has 6 heteroatoms. The molecule has 0 spiro atoms. The van der Waals surface area contributed by atoms with Crippen LogP contribution in [0.25, 0.3) is 0 Å². The molecular formula is C4H6F3NOS. The van der Waals surface area contributed by atoms with Gasteiger partial charge in [-0.1, -0.05) is 0 Å². The lowest BCUT2D eigenvalue weighted by Gasteiger charge is -2.02. The number of hydrogen-bond donors (Lipinski definition) is 1. The Labute approximate surface area is 60.0 Å². The minimum Gasteiger partial charge on any atom is -0.369 e. The molecular weight excluding hydrogens is 167 g/mol. The second kappa shape index (κ2) is 3.70. The van der Waals surface area contributed by atoms with Gasteiger partial charge < -0.3 is 5.73 Å². The van der Waals surface area contributed by atoms with Crippen LogP contribution in [0.5, 0.6) is 0 Å². The molecule has 0 saturated heterocycles.